The van der Waals surface area contributed by atoms with Crippen LogP contribution in [-0.2, 0) is 9.59 Å². The Balaban J connectivity index is 1.92. The van der Waals surface area contributed by atoms with Crippen LogP contribution in [0.4, 0.5) is 11.4 Å². The number of aryl methyl sites for hydroxylation is 2. The van der Waals surface area contributed by atoms with Gasteiger partial charge in [0.25, 0.3) is 5.69 Å². The van der Waals surface area contributed by atoms with E-state index in [1.807, 2.05) is 19.9 Å². The Morgan fingerprint density at radius 2 is 1.64 bits per heavy atom. The number of rotatable bonds is 4. The number of nitro benzene ring substituents is 1. The molecule has 0 aliphatic carbocycles. The maximum atomic E-state index is 11.8. The van der Waals surface area contributed by atoms with Gasteiger partial charge in [0, 0.05) is 17.8 Å². The quantitative estimate of drug-likeness (QED) is 0.385. The largest absolute Gasteiger partial charge is 0.329 e. The van der Waals surface area contributed by atoms with E-state index < -0.39 is 16.7 Å². The first-order chi connectivity index (χ1) is 11.8. The smallest absolute Gasteiger partial charge is 0.318 e. The van der Waals surface area contributed by atoms with Gasteiger partial charge < -0.3 is 5.32 Å². The number of hydrogen-bond donors (Lipinski definition) is 2. The molecule has 0 aromatic heterocycles. The van der Waals surface area contributed by atoms with Gasteiger partial charge in [-0.3, -0.25) is 19.7 Å². The number of hydrazone groups is 1. The number of nitrogens with zero attached hydrogens (tertiary/aromatic N) is 2. The lowest BCUT2D eigenvalue weighted by Gasteiger charge is -2.06. The van der Waals surface area contributed by atoms with Gasteiger partial charge in [-0.1, -0.05) is 6.07 Å². The van der Waals surface area contributed by atoms with Crippen LogP contribution in [0.25, 0.3) is 0 Å². The van der Waals surface area contributed by atoms with Gasteiger partial charge in [-0.15, -0.1) is 0 Å². The Hall–Kier alpha value is -3.55. The van der Waals surface area contributed by atoms with Crippen molar-refractivity contribution in [1.82, 2.24) is 5.43 Å². The predicted molar refractivity (Wildman–Crippen MR) is 93.4 cm³/mol. The van der Waals surface area contributed by atoms with Crippen LogP contribution in [0.1, 0.15) is 16.7 Å². The molecule has 2 amide bonds. The number of non-ortho nitro benzene ring substituents is 1. The monoisotopic (exact) mass is 340 g/mol. The van der Waals surface area contributed by atoms with E-state index in [0.717, 1.165) is 11.1 Å². The maximum Gasteiger partial charge on any atom is 0.329 e. The third-order valence-electron chi connectivity index (χ3n) is 3.17. The fourth-order valence-electron chi connectivity index (χ4n) is 2.13. The molecule has 2 rings (SSSR count). The van der Waals surface area contributed by atoms with Crippen molar-refractivity contribution in [3.63, 3.8) is 0 Å². The highest BCUT2D eigenvalue weighted by atomic mass is 16.6. The Morgan fingerprint density at radius 3 is 2.20 bits per heavy atom. The zero-order valence-corrected chi connectivity index (χ0v) is 13.6. The van der Waals surface area contributed by atoms with Crippen molar-refractivity contribution in [2.75, 3.05) is 5.32 Å². The molecule has 0 unspecified atom stereocenters. The molecule has 25 heavy (non-hydrogen) atoms. The number of benzene rings is 2. The molecule has 2 aromatic rings. The van der Waals surface area contributed by atoms with Gasteiger partial charge in [0.2, 0.25) is 0 Å². The van der Waals surface area contributed by atoms with Crippen LogP contribution >= 0.6 is 0 Å². The highest BCUT2D eigenvalue weighted by Gasteiger charge is 2.13. The Bertz CT molecular complexity index is 824. The summed E-state index contributed by atoms with van der Waals surface area (Å²) < 4.78 is 0. The molecule has 0 aliphatic heterocycles. The van der Waals surface area contributed by atoms with Crippen LogP contribution in [0, 0.1) is 24.0 Å². The summed E-state index contributed by atoms with van der Waals surface area (Å²) in [6.07, 6.45) is 1.28. The lowest BCUT2D eigenvalue weighted by molar-refractivity contribution is -0.384. The van der Waals surface area contributed by atoms with Gasteiger partial charge in [-0.2, -0.15) is 5.10 Å². The first-order valence-corrected chi connectivity index (χ1v) is 7.32. The van der Waals surface area contributed by atoms with E-state index in [2.05, 4.69) is 15.8 Å². The summed E-state index contributed by atoms with van der Waals surface area (Å²) in [5.41, 5.74) is 5.05. The van der Waals surface area contributed by atoms with E-state index in [0.29, 0.717) is 11.3 Å². The van der Waals surface area contributed by atoms with Crippen molar-refractivity contribution >= 4 is 29.4 Å². The summed E-state index contributed by atoms with van der Waals surface area (Å²) in [7, 11) is 0. The Morgan fingerprint density at radius 1 is 1.04 bits per heavy atom. The van der Waals surface area contributed by atoms with E-state index in [9.17, 15) is 19.7 Å². The second-order valence-corrected chi connectivity index (χ2v) is 5.38. The molecule has 0 bridgehead atoms. The van der Waals surface area contributed by atoms with Crippen molar-refractivity contribution in [3.8, 4) is 0 Å². The number of carbonyl (C=O) groups excluding carboxylic acids is 2. The molecule has 0 spiro atoms. The summed E-state index contributed by atoms with van der Waals surface area (Å²) in [6, 6.07) is 11.0. The standard InChI is InChI=1S/C17H16N4O4/c1-11-7-12(2)9-14(8-11)19-16(22)17(23)20-18-10-13-3-5-15(6-4-13)21(24)25/h3-10H,1-2H3,(H,19,22)(H,20,23)/b18-10-. The SMILES string of the molecule is Cc1cc(C)cc(NC(=O)C(=O)N/N=C\c2ccc([N+](=O)[O-])cc2)c1. The average molecular weight is 340 g/mol. The normalized spacial score (nSPS) is 10.5. The molecule has 0 saturated carbocycles. The van der Waals surface area contributed by atoms with Crippen molar-refractivity contribution in [2.45, 2.75) is 13.8 Å². The summed E-state index contributed by atoms with van der Waals surface area (Å²) in [5.74, 6) is -1.76. The number of amides is 2. The van der Waals surface area contributed by atoms with E-state index >= 15 is 0 Å². The third kappa shape index (κ3) is 5.24. The Kier molecular flexibility index (Phi) is 5.57. The van der Waals surface area contributed by atoms with Gasteiger partial charge in [-0.25, -0.2) is 5.43 Å². The van der Waals surface area contributed by atoms with Crippen LogP contribution in [0.3, 0.4) is 0 Å². The van der Waals surface area contributed by atoms with Crippen molar-refractivity contribution in [3.05, 3.63) is 69.3 Å². The van der Waals surface area contributed by atoms with Gasteiger partial charge >= 0.3 is 11.8 Å². The van der Waals surface area contributed by atoms with E-state index in [1.54, 1.807) is 12.1 Å². The molecule has 2 N–H and O–H groups in total. The van der Waals surface area contributed by atoms with Crippen LogP contribution in [0.15, 0.2) is 47.6 Å². The summed E-state index contributed by atoms with van der Waals surface area (Å²) in [6.45, 7) is 3.77. The van der Waals surface area contributed by atoms with Gasteiger partial charge in [-0.05, 0) is 54.8 Å². The molecule has 2 aromatic carbocycles. The van der Waals surface area contributed by atoms with Crippen molar-refractivity contribution < 1.29 is 14.5 Å². The van der Waals surface area contributed by atoms with Crippen LogP contribution < -0.4 is 10.7 Å². The van der Waals surface area contributed by atoms with E-state index in [-0.39, 0.29) is 5.69 Å². The van der Waals surface area contributed by atoms with Gasteiger partial charge in [0.1, 0.15) is 0 Å². The summed E-state index contributed by atoms with van der Waals surface area (Å²) in [5, 5.41) is 16.7. The minimum atomic E-state index is -0.919. The fourth-order valence-corrected chi connectivity index (χ4v) is 2.13. The Labute approximate surface area is 143 Å². The molecular weight excluding hydrogens is 324 g/mol. The third-order valence-corrected chi connectivity index (χ3v) is 3.17. The van der Waals surface area contributed by atoms with Crippen LogP contribution in [-0.4, -0.2) is 23.0 Å². The van der Waals surface area contributed by atoms with Crippen molar-refractivity contribution in [1.29, 1.82) is 0 Å². The van der Waals surface area contributed by atoms with Crippen molar-refractivity contribution in [2.24, 2.45) is 5.10 Å². The number of nitro groups is 1. The minimum Gasteiger partial charge on any atom is -0.318 e. The topological polar surface area (TPSA) is 114 Å². The van der Waals surface area contributed by atoms with Gasteiger partial charge in [0.05, 0.1) is 11.1 Å². The highest BCUT2D eigenvalue weighted by molar-refractivity contribution is 6.39. The fraction of sp³-hybridized carbons (Fsp3) is 0.118. The summed E-state index contributed by atoms with van der Waals surface area (Å²) >= 11 is 0. The van der Waals surface area contributed by atoms with E-state index in [4.69, 9.17) is 0 Å². The number of carbonyl (C=O) groups is 2. The second-order valence-electron chi connectivity index (χ2n) is 5.38. The first-order valence-electron chi connectivity index (χ1n) is 7.32. The summed E-state index contributed by atoms with van der Waals surface area (Å²) in [4.78, 5) is 33.6. The molecule has 128 valence electrons. The minimum absolute atomic E-state index is 0.0472. The molecule has 0 fully saturated rings. The zero-order valence-electron chi connectivity index (χ0n) is 13.6. The molecule has 8 heteroatoms. The number of anilines is 1. The van der Waals surface area contributed by atoms with Crippen LogP contribution in [0.5, 0.6) is 0 Å². The average Bonchev–Trinajstić information content (AvgIpc) is 2.54. The molecular formula is C17H16N4O4. The zero-order chi connectivity index (χ0) is 18.4. The van der Waals surface area contributed by atoms with Crippen LogP contribution in [0.2, 0.25) is 0 Å². The molecule has 8 nitrogen and oxygen atoms in total. The first kappa shape index (κ1) is 17.8. The maximum absolute atomic E-state index is 11.8. The second kappa shape index (κ2) is 7.82. The molecule has 0 heterocycles. The van der Waals surface area contributed by atoms with E-state index in [1.165, 1.54) is 30.5 Å². The molecule has 0 atom stereocenters. The molecule has 0 saturated heterocycles. The van der Waals surface area contributed by atoms with Gasteiger partial charge in [0.15, 0.2) is 0 Å². The lowest BCUT2D eigenvalue weighted by atomic mass is 10.1. The predicted octanol–water partition coefficient (Wildman–Crippen LogP) is 2.30. The number of nitrogens with one attached hydrogen (secondary N) is 2. The molecule has 0 radical (unpaired) electrons. The highest BCUT2D eigenvalue weighted by Crippen LogP contribution is 2.13. The molecule has 0 aliphatic rings. The number of hydrogen-bond acceptors (Lipinski definition) is 5. The lowest BCUT2D eigenvalue weighted by Crippen LogP contribution is -2.32.